The zero-order valence-corrected chi connectivity index (χ0v) is 13.2. The molecule has 0 aliphatic carbocycles. The van der Waals surface area contributed by atoms with E-state index in [-0.39, 0.29) is 12.5 Å². The highest BCUT2D eigenvalue weighted by atomic mass is 32.2. The molecule has 0 heterocycles. The molecule has 2 N–H and O–H groups in total. The lowest BCUT2D eigenvalue weighted by Crippen LogP contribution is -2.14. The van der Waals surface area contributed by atoms with Crippen LogP contribution in [0.1, 0.15) is 11.1 Å². The van der Waals surface area contributed by atoms with Crippen LogP contribution in [0.2, 0.25) is 0 Å². The van der Waals surface area contributed by atoms with Crippen molar-refractivity contribution >= 4 is 23.4 Å². The molecule has 0 spiro atoms. The predicted molar refractivity (Wildman–Crippen MR) is 90.2 cm³/mol. The molecule has 0 aromatic heterocycles. The Hall–Kier alpha value is -1.98. The Labute approximate surface area is 134 Å². The lowest BCUT2D eigenvalue weighted by atomic mass is 10.2. The molecule has 2 rings (SSSR count). The summed E-state index contributed by atoms with van der Waals surface area (Å²) < 4.78 is 5.20. The summed E-state index contributed by atoms with van der Waals surface area (Å²) in [5, 5.41) is 11.8. The van der Waals surface area contributed by atoms with E-state index in [4.69, 9.17) is 9.84 Å². The third kappa shape index (κ3) is 4.79. The number of carbonyl (C=O) groups excluding carboxylic acids is 1. The molecule has 1 amide bonds. The number of anilines is 1. The molecule has 2 aromatic carbocycles. The molecule has 0 radical (unpaired) electrons. The number of ether oxygens (including phenoxy) is 1. The van der Waals surface area contributed by atoms with Crippen LogP contribution in [-0.4, -0.2) is 23.9 Å². The van der Waals surface area contributed by atoms with Gasteiger partial charge in [0.15, 0.2) is 0 Å². The summed E-state index contributed by atoms with van der Waals surface area (Å²) in [7, 11) is 1.58. The zero-order chi connectivity index (χ0) is 15.8. The maximum absolute atomic E-state index is 12.0. The third-order valence-corrected chi connectivity index (χ3v) is 4.09. The number of aliphatic hydroxyl groups is 1. The van der Waals surface area contributed by atoms with Crippen LogP contribution in [-0.2, 0) is 17.2 Å². The maximum atomic E-state index is 12.0. The van der Waals surface area contributed by atoms with Gasteiger partial charge in [-0.3, -0.25) is 4.79 Å². The second-order valence-electron chi connectivity index (χ2n) is 4.72. The first-order chi connectivity index (χ1) is 10.7. The summed E-state index contributed by atoms with van der Waals surface area (Å²) in [6.45, 7) is 0.0503. The topological polar surface area (TPSA) is 58.6 Å². The molecule has 0 saturated carbocycles. The molecule has 4 nitrogen and oxygen atoms in total. The minimum atomic E-state index is -0.0542. The van der Waals surface area contributed by atoms with E-state index < -0.39 is 0 Å². The Bertz CT molecular complexity index is 614. The van der Waals surface area contributed by atoms with Gasteiger partial charge in [0.1, 0.15) is 5.75 Å². The molecule has 0 bridgehead atoms. The van der Waals surface area contributed by atoms with Gasteiger partial charge in [-0.25, -0.2) is 0 Å². The second kappa shape index (κ2) is 8.46. The quantitative estimate of drug-likeness (QED) is 0.824. The molecule has 0 unspecified atom stereocenters. The number of nitrogens with one attached hydrogen (secondary N) is 1. The Morgan fingerprint density at radius 1 is 1.14 bits per heavy atom. The van der Waals surface area contributed by atoms with Crippen LogP contribution in [0.15, 0.2) is 48.5 Å². The second-order valence-corrected chi connectivity index (χ2v) is 5.70. The van der Waals surface area contributed by atoms with Crippen LogP contribution in [0.25, 0.3) is 0 Å². The summed E-state index contributed by atoms with van der Waals surface area (Å²) in [6.07, 6.45) is 0. The van der Waals surface area contributed by atoms with Crippen molar-refractivity contribution in [3.63, 3.8) is 0 Å². The largest absolute Gasteiger partial charge is 0.495 e. The maximum Gasteiger partial charge on any atom is 0.234 e. The van der Waals surface area contributed by atoms with Crippen molar-refractivity contribution in [1.82, 2.24) is 0 Å². The van der Waals surface area contributed by atoms with Gasteiger partial charge in [-0.1, -0.05) is 36.4 Å². The number of methoxy groups -OCH3 is 1. The molecule has 116 valence electrons. The SMILES string of the molecule is COc1ccccc1NC(=O)CSCc1ccc(CO)cc1. The Balaban J connectivity index is 1.80. The van der Waals surface area contributed by atoms with Crippen LogP contribution in [0.5, 0.6) is 5.75 Å². The standard InChI is InChI=1S/C17H19NO3S/c1-21-16-5-3-2-4-15(16)18-17(20)12-22-11-14-8-6-13(10-19)7-9-14/h2-9,19H,10-12H2,1H3,(H,18,20). The van der Waals surface area contributed by atoms with Gasteiger partial charge in [0.25, 0.3) is 0 Å². The molecule has 0 atom stereocenters. The molecule has 5 heteroatoms. The average Bonchev–Trinajstić information content (AvgIpc) is 2.56. The van der Waals surface area contributed by atoms with Crippen molar-refractivity contribution in [2.75, 3.05) is 18.2 Å². The molecular formula is C17H19NO3S. The number of carbonyl (C=O) groups is 1. The molecule has 0 aliphatic heterocycles. The van der Waals surface area contributed by atoms with E-state index in [1.54, 1.807) is 18.9 Å². The molecular weight excluding hydrogens is 298 g/mol. The van der Waals surface area contributed by atoms with Gasteiger partial charge in [0.2, 0.25) is 5.91 Å². The van der Waals surface area contributed by atoms with Crippen molar-refractivity contribution in [3.05, 3.63) is 59.7 Å². The third-order valence-electron chi connectivity index (χ3n) is 3.09. The highest BCUT2D eigenvalue weighted by molar-refractivity contribution is 7.99. The van der Waals surface area contributed by atoms with Gasteiger partial charge in [0, 0.05) is 5.75 Å². The summed E-state index contributed by atoms with van der Waals surface area (Å²) >= 11 is 1.55. The van der Waals surface area contributed by atoms with E-state index in [0.717, 1.165) is 16.9 Å². The first-order valence-electron chi connectivity index (χ1n) is 6.92. The van der Waals surface area contributed by atoms with Crippen molar-refractivity contribution in [1.29, 1.82) is 0 Å². The minimum absolute atomic E-state index is 0.0503. The normalized spacial score (nSPS) is 10.3. The highest BCUT2D eigenvalue weighted by Crippen LogP contribution is 2.23. The Morgan fingerprint density at radius 2 is 1.82 bits per heavy atom. The lowest BCUT2D eigenvalue weighted by Gasteiger charge is -2.09. The number of benzene rings is 2. The van der Waals surface area contributed by atoms with E-state index in [2.05, 4.69) is 5.32 Å². The molecule has 2 aromatic rings. The van der Waals surface area contributed by atoms with E-state index in [9.17, 15) is 4.79 Å². The lowest BCUT2D eigenvalue weighted by molar-refractivity contribution is -0.113. The van der Waals surface area contributed by atoms with E-state index in [1.807, 2.05) is 48.5 Å². The minimum Gasteiger partial charge on any atom is -0.495 e. The van der Waals surface area contributed by atoms with Crippen LogP contribution >= 0.6 is 11.8 Å². The van der Waals surface area contributed by atoms with Gasteiger partial charge in [0.05, 0.1) is 25.2 Å². The Kier molecular flexibility index (Phi) is 6.30. The summed E-state index contributed by atoms with van der Waals surface area (Å²) in [6, 6.07) is 15.1. The fourth-order valence-corrected chi connectivity index (χ4v) is 2.72. The summed E-state index contributed by atoms with van der Waals surface area (Å²) in [5.41, 5.74) is 2.71. The predicted octanol–water partition coefficient (Wildman–Crippen LogP) is 3.06. The van der Waals surface area contributed by atoms with Crippen molar-refractivity contribution < 1.29 is 14.6 Å². The van der Waals surface area contributed by atoms with Crippen LogP contribution in [0.4, 0.5) is 5.69 Å². The first kappa shape index (κ1) is 16.4. The van der Waals surface area contributed by atoms with Gasteiger partial charge in [-0.15, -0.1) is 11.8 Å². The fourth-order valence-electron chi connectivity index (χ4n) is 1.94. The molecule has 0 saturated heterocycles. The van der Waals surface area contributed by atoms with Crippen LogP contribution in [0, 0.1) is 0 Å². The van der Waals surface area contributed by atoms with E-state index in [0.29, 0.717) is 17.2 Å². The number of aliphatic hydroxyl groups excluding tert-OH is 1. The van der Waals surface area contributed by atoms with Gasteiger partial charge < -0.3 is 15.2 Å². The van der Waals surface area contributed by atoms with Gasteiger partial charge in [-0.05, 0) is 23.3 Å². The van der Waals surface area contributed by atoms with Crippen molar-refractivity contribution in [3.8, 4) is 5.75 Å². The van der Waals surface area contributed by atoms with Crippen molar-refractivity contribution in [2.24, 2.45) is 0 Å². The summed E-state index contributed by atoms with van der Waals surface area (Å²) in [4.78, 5) is 12.0. The Morgan fingerprint density at radius 3 is 2.50 bits per heavy atom. The molecule has 0 aliphatic rings. The molecule has 22 heavy (non-hydrogen) atoms. The average molecular weight is 317 g/mol. The number of rotatable bonds is 7. The van der Waals surface area contributed by atoms with Gasteiger partial charge in [-0.2, -0.15) is 0 Å². The number of thioether (sulfide) groups is 1. The number of amides is 1. The first-order valence-corrected chi connectivity index (χ1v) is 8.07. The van der Waals surface area contributed by atoms with Crippen LogP contribution in [0.3, 0.4) is 0 Å². The monoisotopic (exact) mass is 317 g/mol. The fraction of sp³-hybridized carbons (Fsp3) is 0.235. The number of hydrogen-bond donors (Lipinski definition) is 2. The van der Waals surface area contributed by atoms with Gasteiger partial charge >= 0.3 is 0 Å². The zero-order valence-electron chi connectivity index (χ0n) is 12.4. The van der Waals surface area contributed by atoms with Crippen molar-refractivity contribution in [2.45, 2.75) is 12.4 Å². The van der Waals surface area contributed by atoms with Crippen LogP contribution < -0.4 is 10.1 Å². The van der Waals surface area contributed by atoms with E-state index >= 15 is 0 Å². The molecule has 0 fully saturated rings. The number of para-hydroxylation sites is 2. The van der Waals surface area contributed by atoms with E-state index in [1.165, 1.54) is 0 Å². The summed E-state index contributed by atoms with van der Waals surface area (Å²) in [5.74, 6) is 1.73. The number of hydrogen-bond acceptors (Lipinski definition) is 4. The highest BCUT2D eigenvalue weighted by Gasteiger charge is 2.07. The smallest absolute Gasteiger partial charge is 0.234 e.